The predicted molar refractivity (Wildman–Crippen MR) is 53.2 cm³/mol. The molecule has 5 heteroatoms. The van der Waals surface area contributed by atoms with Crippen molar-refractivity contribution in [1.82, 2.24) is 4.90 Å². The number of halogens is 2. The Kier molecular flexibility index (Phi) is 2.53. The van der Waals surface area contributed by atoms with Crippen molar-refractivity contribution in [2.24, 2.45) is 0 Å². The van der Waals surface area contributed by atoms with Crippen LogP contribution in [0.1, 0.15) is 23.6 Å². The van der Waals surface area contributed by atoms with Crippen LogP contribution in [-0.2, 0) is 6.42 Å². The first-order chi connectivity index (χ1) is 7.50. The molecule has 0 bridgehead atoms. The SMILES string of the molecule is CN(C(=O)O)C1CCc2c(F)cc(F)cc21. The minimum Gasteiger partial charge on any atom is -0.465 e. The number of hydrogen-bond donors (Lipinski definition) is 1. The van der Waals surface area contributed by atoms with Crippen molar-refractivity contribution in [2.75, 3.05) is 7.05 Å². The second-order valence-corrected chi connectivity index (χ2v) is 3.90. The molecule has 86 valence electrons. The fourth-order valence-corrected chi connectivity index (χ4v) is 2.16. The smallest absolute Gasteiger partial charge is 0.407 e. The monoisotopic (exact) mass is 227 g/mol. The van der Waals surface area contributed by atoms with E-state index < -0.39 is 23.8 Å². The molecule has 1 aliphatic carbocycles. The molecule has 0 spiro atoms. The lowest BCUT2D eigenvalue weighted by Gasteiger charge is -2.22. The Morgan fingerprint density at radius 3 is 2.81 bits per heavy atom. The van der Waals surface area contributed by atoms with Gasteiger partial charge >= 0.3 is 6.09 Å². The number of fused-ring (bicyclic) bond motifs is 1. The summed E-state index contributed by atoms with van der Waals surface area (Å²) in [4.78, 5) is 11.9. The quantitative estimate of drug-likeness (QED) is 0.801. The van der Waals surface area contributed by atoms with E-state index in [9.17, 15) is 13.6 Å². The Balaban J connectivity index is 2.43. The van der Waals surface area contributed by atoms with Gasteiger partial charge in [-0.25, -0.2) is 13.6 Å². The standard InChI is InChI=1S/C11H11F2NO2/c1-14(11(15)16)10-3-2-7-8(10)4-6(12)5-9(7)13/h4-5,10H,2-3H2,1H3,(H,15,16). The lowest BCUT2D eigenvalue weighted by molar-refractivity contribution is 0.138. The summed E-state index contributed by atoms with van der Waals surface area (Å²) >= 11 is 0. The number of hydrogen-bond acceptors (Lipinski definition) is 1. The van der Waals surface area contributed by atoms with Crippen molar-refractivity contribution in [1.29, 1.82) is 0 Å². The van der Waals surface area contributed by atoms with Gasteiger partial charge in [-0.15, -0.1) is 0 Å². The number of rotatable bonds is 1. The largest absolute Gasteiger partial charge is 0.465 e. The number of benzene rings is 1. The topological polar surface area (TPSA) is 40.5 Å². The van der Waals surface area contributed by atoms with E-state index in [1.165, 1.54) is 13.1 Å². The fraction of sp³-hybridized carbons (Fsp3) is 0.364. The molecular formula is C11H11F2NO2. The number of carboxylic acid groups (broad SMARTS) is 1. The Bertz CT molecular complexity index is 448. The Morgan fingerprint density at radius 1 is 1.50 bits per heavy atom. The first-order valence-corrected chi connectivity index (χ1v) is 4.94. The maximum atomic E-state index is 13.4. The third-order valence-corrected chi connectivity index (χ3v) is 2.99. The molecule has 0 radical (unpaired) electrons. The van der Waals surface area contributed by atoms with Crippen molar-refractivity contribution in [3.8, 4) is 0 Å². The average Bonchev–Trinajstić information content (AvgIpc) is 2.60. The highest BCUT2D eigenvalue weighted by atomic mass is 19.1. The molecule has 1 N–H and O–H groups in total. The fourth-order valence-electron chi connectivity index (χ4n) is 2.16. The van der Waals surface area contributed by atoms with Crippen molar-refractivity contribution < 1.29 is 18.7 Å². The van der Waals surface area contributed by atoms with Crippen LogP contribution in [0.2, 0.25) is 0 Å². The summed E-state index contributed by atoms with van der Waals surface area (Å²) < 4.78 is 26.4. The minimum absolute atomic E-state index is 0.430. The highest BCUT2D eigenvalue weighted by molar-refractivity contribution is 5.65. The molecule has 0 heterocycles. The van der Waals surface area contributed by atoms with Gasteiger partial charge in [0.05, 0.1) is 6.04 Å². The number of nitrogens with zero attached hydrogens (tertiary/aromatic N) is 1. The third-order valence-electron chi connectivity index (χ3n) is 2.99. The van der Waals surface area contributed by atoms with E-state index in [1.54, 1.807) is 0 Å². The summed E-state index contributed by atoms with van der Waals surface area (Å²) in [6.45, 7) is 0. The van der Waals surface area contributed by atoms with Gasteiger partial charge in [0.25, 0.3) is 0 Å². The average molecular weight is 227 g/mol. The lowest BCUT2D eigenvalue weighted by Crippen LogP contribution is -2.28. The summed E-state index contributed by atoms with van der Waals surface area (Å²) in [7, 11) is 1.41. The summed E-state index contributed by atoms with van der Waals surface area (Å²) in [6.07, 6.45) is -0.148. The zero-order valence-corrected chi connectivity index (χ0v) is 8.70. The predicted octanol–water partition coefficient (Wildman–Crippen LogP) is 2.56. The molecule has 16 heavy (non-hydrogen) atoms. The van der Waals surface area contributed by atoms with Gasteiger partial charge in [-0.05, 0) is 30.0 Å². The maximum Gasteiger partial charge on any atom is 0.407 e. The second kappa shape index (κ2) is 3.73. The van der Waals surface area contributed by atoms with Crippen LogP contribution in [0.15, 0.2) is 12.1 Å². The molecule has 1 amide bonds. The first-order valence-electron chi connectivity index (χ1n) is 4.94. The van der Waals surface area contributed by atoms with E-state index in [2.05, 4.69) is 0 Å². The lowest BCUT2D eigenvalue weighted by atomic mass is 10.1. The Hall–Kier alpha value is -1.65. The normalized spacial score (nSPS) is 18.3. The van der Waals surface area contributed by atoms with E-state index in [0.717, 1.165) is 11.0 Å². The molecule has 0 aromatic heterocycles. The van der Waals surface area contributed by atoms with Crippen LogP contribution in [0.3, 0.4) is 0 Å². The Labute approximate surface area is 91.3 Å². The van der Waals surface area contributed by atoms with Crippen molar-refractivity contribution in [3.05, 3.63) is 34.9 Å². The van der Waals surface area contributed by atoms with Crippen LogP contribution in [0, 0.1) is 11.6 Å². The van der Waals surface area contributed by atoms with Gasteiger partial charge < -0.3 is 10.0 Å². The van der Waals surface area contributed by atoms with Crippen LogP contribution in [-0.4, -0.2) is 23.1 Å². The molecule has 0 saturated heterocycles. The third kappa shape index (κ3) is 1.62. The molecule has 0 aliphatic heterocycles. The Morgan fingerprint density at radius 2 is 2.19 bits per heavy atom. The molecule has 0 saturated carbocycles. The van der Waals surface area contributed by atoms with E-state index in [4.69, 9.17) is 5.11 Å². The summed E-state index contributed by atoms with van der Waals surface area (Å²) in [6, 6.07) is 1.61. The van der Waals surface area contributed by atoms with Crippen molar-refractivity contribution in [2.45, 2.75) is 18.9 Å². The molecule has 1 aromatic carbocycles. The van der Waals surface area contributed by atoms with Crippen LogP contribution >= 0.6 is 0 Å². The van der Waals surface area contributed by atoms with Crippen LogP contribution < -0.4 is 0 Å². The summed E-state index contributed by atoms with van der Waals surface area (Å²) in [5.74, 6) is -1.25. The van der Waals surface area contributed by atoms with Gasteiger partial charge in [-0.1, -0.05) is 0 Å². The van der Waals surface area contributed by atoms with Crippen LogP contribution in [0.5, 0.6) is 0 Å². The van der Waals surface area contributed by atoms with Crippen molar-refractivity contribution >= 4 is 6.09 Å². The maximum absolute atomic E-state index is 13.4. The number of amides is 1. The van der Waals surface area contributed by atoms with Gasteiger partial charge in [-0.3, -0.25) is 0 Å². The van der Waals surface area contributed by atoms with Crippen LogP contribution in [0.4, 0.5) is 13.6 Å². The molecule has 1 aliphatic rings. The molecular weight excluding hydrogens is 216 g/mol. The minimum atomic E-state index is -1.09. The molecule has 0 fully saturated rings. The van der Waals surface area contributed by atoms with Gasteiger partial charge in [0.1, 0.15) is 11.6 Å². The van der Waals surface area contributed by atoms with Gasteiger partial charge in [0.15, 0.2) is 0 Å². The second-order valence-electron chi connectivity index (χ2n) is 3.90. The van der Waals surface area contributed by atoms with E-state index >= 15 is 0 Å². The molecule has 1 aromatic rings. The van der Waals surface area contributed by atoms with E-state index in [0.29, 0.717) is 24.0 Å². The molecule has 2 rings (SSSR count). The van der Waals surface area contributed by atoms with E-state index in [-0.39, 0.29) is 0 Å². The van der Waals surface area contributed by atoms with Crippen LogP contribution in [0.25, 0.3) is 0 Å². The molecule has 3 nitrogen and oxygen atoms in total. The zero-order chi connectivity index (χ0) is 11.9. The van der Waals surface area contributed by atoms with Gasteiger partial charge in [0.2, 0.25) is 0 Å². The van der Waals surface area contributed by atoms with Crippen molar-refractivity contribution in [3.63, 3.8) is 0 Å². The first kappa shape index (κ1) is 10.9. The summed E-state index contributed by atoms with van der Waals surface area (Å²) in [5, 5.41) is 8.85. The van der Waals surface area contributed by atoms with E-state index in [1.807, 2.05) is 0 Å². The zero-order valence-electron chi connectivity index (χ0n) is 8.70. The van der Waals surface area contributed by atoms with Gasteiger partial charge in [0, 0.05) is 13.1 Å². The highest BCUT2D eigenvalue weighted by Crippen LogP contribution is 2.36. The van der Waals surface area contributed by atoms with Gasteiger partial charge in [-0.2, -0.15) is 0 Å². The highest BCUT2D eigenvalue weighted by Gasteiger charge is 2.30. The summed E-state index contributed by atoms with van der Waals surface area (Å²) in [5.41, 5.74) is 0.877. The molecule has 1 atom stereocenters. The molecule has 1 unspecified atom stereocenters. The number of carbonyl (C=O) groups is 1.